The lowest BCUT2D eigenvalue weighted by atomic mass is 10.2. The lowest BCUT2D eigenvalue weighted by molar-refractivity contribution is -0.147. The largest absolute Gasteiger partial charge is 0.480 e. The van der Waals surface area contributed by atoms with Gasteiger partial charge in [-0.05, 0) is 6.08 Å². The van der Waals surface area contributed by atoms with E-state index >= 15 is 0 Å². The van der Waals surface area contributed by atoms with E-state index in [0.717, 1.165) is 12.5 Å². The molecule has 0 fully saturated rings. The van der Waals surface area contributed by atoms with Crippen molar-refractivity contribution in [3.05, 3.63) is 11.5 Å². The highest BCUT2D eigenvalue weighted by Crippen LogP contribution is 2.07. The molecule has 1 aliphatic rings. The van der Waals surface area contributed by atoms with Crippen LogP contribution in [0.25, 0.3) is 0 Å². The first kappa shape index (κ1) is 16.0. The first-order valence-corrected chi connectivity index (χ1v) is 7.22. The smallest absolute Gasteiger partial charge is 0.326 e. The number of aliphatic carboxylic acids is 1. The summed E-state index contributed by atoms with van der Waals surface area (Å²) in [6.07, 6.45) is 0.753. The third kappa shape index (κ3) is 4.88. The van der Waals surface area contributed by atoms with Gasteiger partial charge in [-0.15, -0.1) is 0 Å². The zero-order chi connectivity index (χ0) is 15.3. The molecule has 0 aromatic rings. The Hall–Kier alpha value is -2.10. The minimum Gasteiger partial charge on any atom is -0.480 e. The summed E-state index contributed by atoms with van der Waals surface area (Å²) in [5.41, 5.74) is 0. The second kappa shape index (κ2) is 6.37. The molecule has 0 aromatic heterocycles. The Morgan fingerprint density at radius 2 is 2.10 bits per heavy atom. The predicted molar refractivity (Wildman–Crippen MR) is 66.4 cm³/mol. The van der Waals surface area contributed by atoms with Crippen LogP contribution in [-0.2, 0) is 24.2 Å². The topological polar surface area (TPSA) is 139 Å². The number of nitrogens with one attached hydrogen (secondary N) is 2. The Kier molecular flexibility index (Phi) is 5.08. The number of hydrogen-bond acceptors (Lipinski definition) is 6. The summed E-state index contributed by atoms with van der Waals surface area (Å²) in [5.74, 6) is -2.48. The molecule has 2 atom stereocenters. The van der Waals surface area contributed by atoms with Gasteiger partial charge in [-0.1, -0.05) is 0 Å². The minimum absolute atomic E-state index is 0.283. The summed E-state index contributed by atoms with van der Waals surface area (Å²) in [6.45, 7) is 0. The van der Waals surface area contributed by atoms with Crippen LogP contribution in [0.5, 0.6) is 0 Å². The molecule has 0 radical (unpaired) electrons. The molecule has 3 N–H and O–H groups in total. The van der Waals surface area contributed by atoms with Crippen LogP contribution in [0.1, 0.15) is 6.42 Å². The molecule has 112 valence electrons. The number of rotatable bonds is 5. The van der Waals surface area contributed by atoms with E-state index in [1.54, 1.807) is 0 Å². The van der Waals surface area contributed by atoms with Crippen molar-refractivity contribution in [2.45, 2.75) is 18.5 Å². The molecule has 1 aliphatic heterocycles. The van der Waals surface area contributed by atoms with Crippen LogP contribution in [0.4, 0.5) is 4.79 Å². The fourth-order valence-corrected chi connectivity index (χ4v) is 2.72. The minimum atomic E-state index is -3.32. The van der Waals surface area contributed by atoms with Crippen molar-refractivity contribution < 1.29 is 32.6 Å². The van der Waals surface area contributed by atoms with Crippen LogP contribution in [-0.4, -0.2) is 56.4 Å². The number of carboxylic acids is 1. The van der Waals surface area contributed by atoms with Gasteiger partial charge in [0.1, 0.15) is 6.04 Å². The number of carbonyl (C=O) groups is 3. The van der Waals surface area contributed by atoms with Gasteiger partial charge in [0.2, 0.25) is 0 Å². The third-order valence-corrected chi connectivity index (χ3v) is 3.84. The average molecular weight is 306 g/mol. The highest BCUT2D eigenvalue weighted by atomic mass is 32.2. The number of hydrogen-bond donors (Lipinski definition) is 3. The Morgan fingerprint density at radius 1 is 1.45 bits per heavy atom. The van der Waals surface area contributed by atoms with E-state index in [9.17, 15) is 22.8 Å². The molecule has 0 saturated carbocycles. The van der Waals surface area contributed by atoms with E-state index in [0.29, 0.717) is 0 Å². The van der Waals surface area contributed by atoms with Crippen molar-refractivity contribution >= 4 is 27.8 Å². The number of carbonyl (C=O) groups excluding carboxylic acids is 2. The number of urea groups is 1. The number of carboxylic acid groups (broad SMARTS) is 1. The summed E-state index contributed by atoms with van der Waals surface area (Å²) in [4.78, 5) is 33.4. The van der Waals surface area contributed by atoms with Gasteiger partial charge in [0.25, 0.3) is 0 Å². The molecule has 10 heteroatoms. The summed E-state index contributed by atoms with van der Waals surface area (Å²) < 4.78 is 26.6. The Bertz CT molecular complexity index is 540. The normalized spacial score (nSPS) is 20.9. The predicted octanol–water partition coefficient (Wildman–Crippen LogP) is -1.39. The second-order valence-corrected chi connectivity index (χ2v) is 5.98. The summed E-state index contributed by atoms with van der Waals surface area (Å²) >= 11 is 0. The van der Waals surface area contributed by atoms with Crippen LogP contribution in [0.2, 0.25) is 0 Å². The molecule has 2 amide bonds. The average Bonchev–Trinajstić information content (AvgIpc) is 2.67. The first-order chi connectivity index (χ1) is 9.23. The van der Waals surface area contributed by atoms with Crippen molar-refractivity contribution in [2.75, 3.05) is 12.9 Å². The Balaban J connectivity index is 2.53. The molecule has 0 aromatic carbocycles. The zero-order valence-electron chi connectivity index (χ0n) is 10.5. The van der Waals surface area contributed by atoms with Crippen molar-refractivity contribution in [1.29, 1.82) is 0 Å². The molecular formula is C10H14N2O7S. The molecule has 1 unspecified atom stereocenters. The van der Waals surface area contributed by atoms with Crippen molar-refractivity contribution in [2.24, 2.45) is 0 Å². The monoisotopic (exact) mass is 306 g/mol. The zero-order valence-corrected chi connectivity index (χ0v) is 11.3. The lowest BCUT2D eigenvalue weighted by Crippen LogP contribution is -2.50. The maximum Gasteiger partial charge on any atom is 0.326 e. The standard InChI is InChI=1S/C10H14N2O7S/c1-19-8(13)4-7(9(14)15)12-10(16)11-6-2-3-20(17,18)5-6/h2-3,6-7H,4-5H2,1H3,(H,14,15)(H2,11,12,16)/t6?,7-/m0/s1. The second-order valence-electron chi connectivity index (χ2n) is 4.05. The number of ether oxygens (including phenoxy) is 1. The molecule has 9 nitrogen and oxygen atoms in total. The van der Waals surface area contributed by atoms with Gasteiger partial charge in [0, 0.05) is 5.41 Å². The van der Waals surface area contributed by atoms with Crippen LogP contribution < -0.4 is 10.6 Å². The van der Waals surface area contributed by atoms with E-state index < -0.39 is 46.3 Å². The molecule has 0 aliphatic carbocycles. The van der Waals surface area contributed by atoms with Crippen LogP contribution in [0, 0.1) is 0 Å². The number of amides is 2. The first-order valence-electron chi connectivity index (χ1n) is 5.51. The van der Waals surface area contributed by atoms with Gasteiger partial charge in [0.05, 0.1) is 25.3 Å². The van der Waals surface area contributed by atoms with Crippen molar-refractivity contribution in [1.82, 2.24) is 10.6 Å². The fourth-order valence-electron chi connectivity index (χ4n) is 1.48. The van der Waals surface area contributed by atoms with E-state index in [2.05, 4.69) is 15.4 Å². The lowest BCUT2D eigenvalue weighted by Gasteiger charge is -2.16. The SMILES string of the molecule is COC(=O)C[C@H](NC(=O)NC1C=CS(=O)(=O)C1)C(=O)O. The van der Waals surface area contributed by atoms with Crippen molar-refractivity contribution in [3.8, 4) is 0 Å². The van der Waals surface area contributed by atoms with Gasteiger partial charge >= 0.3 is 18.0 Å². The summed E-state index contributed by atoms with van der Waals surface area (Å²) in [5, 5.41) is 14.2. The molecule has 0 spiro atoms. The molecule has 20 heavy (non-hydrogen) atoms. The van der Waals surface area contributed by atoms with E-state index in [1.165, 1.54) is 6.08 Å². The highest BCUT2D eigenvalue weighted by molar-refractivity contribution is 7.94. The number of esters is 1. The quantitative estimate of drug-likeness (QED) is 0.531. The number of sulfone groups is 1. The molecule has 1 rings (SSSR count). The Labute approximate surface area is 114 Å². The van der Waals surface area contributed by atoms with E-state index in [4.69, 9.17) is 5.11 Å². The molecule has 0 bridgehead atoms. The van der Waals surface area contributed by atoms with Crippen LogP contribution in [0.15, 0.2) is 11.5 Å². The van der Waals surface area contributed by atoms with E-state index in [-0.39, 0.29) is 5.75 Å². The molecule has 1 heterocycles. The third-order valence-electron chi connectivity index (χ3n) is 2.45. The number of methoxy groups -OCH3 is 1. The van der Waals surface area contributed by atoms with E-state index in [1.807, 2.05) is 0 Å². The van der Waals surface area contributed by atoms with Crippen molar-refractivity contribution in [3.63, 3.8) is 0 Å². The van der Waals surface area contributed by atoms with Gasteiger partial charge in [-0.2, -0.15) is 0 Å². The van der Waals surface area contributed by atoms with Gasteiger partial charge in [-0.25, -0.2) is 18.0 Å². The van der Waals surface area contributed by atoms with Crippen LogP contribution in [0.3, 0.4) is 0 Å². The fraction of sp³-hybridized carbons (Fsp3) is 0.500. The maximum absolute atomic E-state index is 11.5. The van der Waals surface area contributed by atoms with Gasteiger partial charge in [0.15, 0.2) is 9.84 Å². The van der Waals surface area contributed by atoms with Gasteiger partial charge < -0.3 is 20.5 Å². The maximum atomic E-state index is 11.5. The molecule has 0 saturated heterocycles. The summed E-state index contributed by atoms with van der Waals surface area (Å²) in [6, 6.07) is -3.06. The highest BCUT2D eigenvalue weighted by Gasteiger charge is 2.27. The molecular weight excluding hydrogens is 292 g/mol. The van der Waals surface area contributed by atoms with Crippen LogP contribution >= 0.6 is 0 Å². The summed E-state index contributed by atoms with van der Waals surface area (Å²) in [7, 11) is -2.23. The Morgan fingerprint density at radius 3 is 2.55 bits per heavy atom. The van der Waals surface area contributed by atoms with Gasteiger partial charge in [-0.3, -0.25) is 4.79 Å².